The minimum absolute atomic E-state index is 0.0994. The third kappa shape index (κ3) is 4.75. The number of aryl methyl sites for hydroxylation is 1. The van der Waals surface area contributed by atoms with Crippen LogP contribution in [0.1, 0.15) is 47.7 Å². The number of carbonyl (C=O) groups is 1. The highest BCUT2D eigenvalue weighted by Crippen LogP contribution is 2.31. The highest BCUT2D eigenvalue weighted by molar-refractivity contribution is 7.83. The second-order valence-electron chi connectivity index (χ2n) is 8.29. The van der Waals surface area contributed by atoms with Crippen molar-refractivity contribution in [2.24, 2.45) is 8.80 Å². The summed E-state index contributed by atoms with van der Waals surface area (Å²) in [7, 11) is 0. The number of hydrogen-bond acceptors (Lipinski definition) is 7. The van der Waals surface area contributed by atoms with E-state index in [1.165, 1.54) is 6.07 Å². The summed E-state index contributed by atoms with van der Waals surface area (Å²) in [5.74, 6) is 1.06. The van der Waals surface area contributed by atoms with E-state index in [0.29, 0.717) is 18.7 Å². The normalized spacial score (nSPS) is 20.6. The number of furan rings is 1. The molecular formula is C23H27N5O5S. The Kier molecular flexibility index (Phi) is 6.85. The van der Waals surface area contributed by atoms with E-state index in [-0.39, 0.29) is 47.2 Å². The molecule has 3 atom stereocenters. The standard InChI is InChI=1S/C23H27N5O5S/c1-13(2)19(18-10-9-14(3)33-18)25-22-21(26-34(32)27-22)24-17-8-4-7-16(20(17)30)23(31)28-11-5-6-15(28)12-29/h4,7-10,15,19,29-30H,1,5-6,11-12H2,2-3H3,(H,24,26)(H,25,27)/t15-,19?,34?/m0/s1. The van der Waals surface area contributed by atoms with Crippen LogP contribution < -0.4 is 10.6 Å². The number of benzene rings is 1. The number of amides is 1. The number of para-hydroxylation sites is 1. The van der Waals surface area contributed by atoms with Crippen LogP contribution in [0.5, 0.6) is 5.75 Å². The molecule has 1 aromatic heterocycles. The molecule has 0 bridgehead atoms. The third-order valence-corrected chi connectivity index (χ3v) is 6.43. The monoisotopic (exact) mass is 485 g/mol. The molecule has 34 heavy (non-hydrogen) atoms. The van der Waals surface area contributed by atoms with Crippen LogP contribution in [0, 0.1) is 6.92 Å². The second kappa shape index (κ2) is 9.82. The number of amidine groups is 2. The minimum Gasteiger partial charge on any atom is -0.505 e. The highest BCUT2D eigenvalue weighted by Gasteiger charge is 2.31. The fraction of sp³-hybridized carbons (Fsp3) is 0.348. The number of nitrogens with one attached hydrogen (secondary N) is 2. The van der Waals surface area contributed by atoms with E-state index >= 15 is 0 Å². The van der Waals surface area contributed by atoms with E-state index in [4.69, 9.17) is 4.42 Å². The Hall–Kier alpha value is -3.44. The fourth-order valence-corrected chi connectivity index (χ4v) is 4.64. The summed E-state index contributed by atoms with van der Waals surface area (Å²) in [5.41, 5.74) is 1.05. The fourth-order valence-electron chi connectivity index (χ4n) is 4.01. The van der Waals surface area contributed by atoms with Crippen molar-refractivity contribution in [2.45, 2.75) is 38.8 Å². The first-order valence-electron chi connectivity index (χ1n) is 10.9. The second-order valence-corrected chi connectivity index (χ2v) is 9.11. The largest absolute Gasteiger partial charge is 0.505 e. The molecule has 3 heterocycles. The molecule has 0 radical (unpaired) electrons. The zero-order valence-corrected chi connectivity index (χ0v) is 19.8. The van der Waals surface area contributed by atoms with Crippen LogP contribution in [-0.2, 0) is 11.2 Å². The van der Waals surface area contributed by atoms with Crippen LogP contribution in [0.15, 0.2) is 55.7 Å². The van der Waals surface area contributed by atoms with Crippen LogP contribution >= 0.6 is 0 Å². The number of rotatable bonds is 6. The smallest absolute Gasteiger partial charge is 0.269 e. The van der Waals surface area contributed by atoms with Crippen LogP contribution in [-0.4, -0.2) is 56.1 Å². The quantitative estimate of drug-likeness (QED) is 0.364. The van der Waals surface area contributed by atoms with E-state index in [1.807, 2.05) is 26.0 Å². The molecule has 11 heteroatoms. The van der Waals surface area contributed by atoms with E-state index in [0.717, 1.165) is 17.8 Å². The van der Waals surface area contributed by atoms with Gasteiger partial charge in [0.25, 0.3) is 17.1 Å². The van der Waals surface area contributed by atoms with Crippen molar-refractivity contribution in [1.29, 1.82) is 0 Å². The number of likely N-dealkylation sites (tertiary alicyclic amines) is 1. The van der Waals surface area contributed by atoms with Gasteiger partial charge in [0.05, 0.1) is 23.9 Å². The van der Waals surface area contributed by atoms with Crippen molar-refractivity contribution >= 4 is 34.4 Å². The van der Waals surface area contributed by atoms with Crippen molar-refractivity contribution in [1.82, 2.24) is 10.2 Å². The topological polar surface area (TPSA) is 140 Å². The Bertz CT molecular complexity index is 1200. The average Bonchev–Trinajstić information content (AvgIpc) is 3.52. The molecule has 4 N–H and O–H groups in total. The van der Waals surface area contributed by atoms with E-state index in [1.54, 1.807) is 17.0 Å². The third-order valence-electron chi connectivity index (χ3n) is 5.75. The van der Waals surface area contributed by atoms with Crippen molar-refractivity contribution < 1.29 is 23.6 Å². The first kappa shape index (κ1) is 23.7. The lowest BCUT2D eigenvalue weighted by atomic mass is 10.1. The van der Waals surface area contributed by atoms with Gasteiger partial charge < -0.3 is 30.2 Å². The van der Waals surface area contributed by atoms with Gasteiger partial charge in [-0.05, 0) is 51.0 Å². The summed E-state index contributed by atoms with van der Waals surface area (Å²) in [6.45, 7) is 8.04. The summed E-state index contributed by atoms with van der Waals surface area (Å²) < 4.78 is 25.9. The molecule has 2 aliphatic rings. The number of nitrogens with zero attached hydrogens (tertiary/aromatic N) is 3. The van der Waals surface area contributed by atoms with Crippen molar-refractivity contribution in [2.75, 3.05) is 18.5 Å². The number of aromatic hydroxyl groups is 1. The van der Waals surface area contributed by atoms with Crippen LogP contribution in [0.3, 0.4) is 0 Å². The molecule has 2 unspecified atom stereocenters. The molecule has 2 aromatic rings. The number of aliphatic hydroxyl groups is 1. The van der Waals surface area contributed by atoms with Gasteiger partial charge in [-0.25, -0.2) is 4.21 Å². The maximum atomic E-state index is 13.0. The first-order chi connectivity index (χ1) is 16.3. The maximum Gasteiger partial charge on any atom is 0.269 e. The summed E-state index contributed by atoms with van der Waals surface area (Å²) in [6.07, 6.45) is 1.51. The van der Waals surface area contributed by atoms with Gasteiger partial charge in [-0.1, -0.05) is 18.2 Å². The molecule has 1 fully saturated rings. The van der Waals surface area contributed by atoms with Gasteiger partial charge in [0.2, 0.25) is 0 Å². The lowest BCUT2D eigenvalue weighted by molar-refractivity contribution is 0.0674. The highest BCUT2D eigenvalue weighted by atomic mass is 32.2. The molecule has 1 aromatic carbocycles. The summed E-state index contributed by atoms with van der Waals surface area (Å²) in [6, 6.07) is 7.66. The Morgan fingerprint density at radius 1 is 1.32 bits per heavy atom. The maximum absolute atomic E-state index is 13.0. The molecule has 10 nitrogen and oxygen atoms in total. The average molecular weight is 486 g/mol. The molecule has 1 saturated heterocycles. The number of phenols is 1. The number of anilines is 1. The van der Waals surface area contributed by atoms with Crippen LogP contribution in [0.2, 0.25) is 0 Å². The number of carbonyl (C=O) groups excluding carboxylic acids is 1. The summed E-state index contributed by atoms with van der Waals surface area (Å²) in [5, 5.41) is 26.5. The lowest BCUT2D eigenvalue weighted by Gasteiger charge is -2.24. The Morgan fingerprint density at radius 3 is 2.76 bits per heavy atom. The molecule has 4 rings (SSSR count). The van der Waals surface area contributed by atoms with E-state index in [9.17, 15) is 19.2 Å². The van der Waals surface area contributed by atoms with Crippen LogP contribution in [0.25, 0.3) is 0 Å². The van der Waals surface area contributed by atoms with Crippen molar-refractivity contribution in [3.63, 3.8) is 0 Å². The molecule has 0 spiro atoms. The molecule has 0 saturated carbocycles. The lowest BCUT2D eigenvalue weighted by Crippen LogP contribution is -2.38. The number of aliphatic hydroxyl groups excluding tert-OH is 1. The van der Waals surface area contributed by atoms with E-state index in [2.05, 4.69) is 26.0 Å². The number of phenolic OH excluding ortho intramolecular Hbond substituents is 1. The Balaban J connectivity index is 1.56. The molecule has 1 amide bonds. The van der Waals surface area contributed by atoms with Gasteiger partial charge in [-0.2, -0.15) is 0 Å². The SMILES string of the molecule is C=C(C)C(NC1=NS(=O)N=C1Nc1cccc(C(=O)N2CCC[C@H]2CO)c1O)c1ccc(C)o1. The van der Waals surface area contributed by atoms with Gasteiger partial charge in [0.15, 0.2) is 17.4 Å². The Morgan fingerprint density at radius 2 is 2.09 bits per heavy atom. The van der Waals surface area contributed by atoms with Crippen LogP contribution in [0.4, 0.5) is 5.69 Å². The number of hydrogen-bond donors (Lipinski definition) is 4. The molecular weight excluding hydrogens is 458 g/mol. The zero-order valence-electron chi connectivity index (χ0n) is 18.9. The van der Waals surface area contributed by atoms with Crippen molar-refractivity contribution in [3.8, 4) is 5.75 Å². The van der Waals surface area contributed by atoms with Gasteiger partial charge in [0, 0.05) is 6.54 Å². The summed E-state index contributed by atoms with van der Waals surface area (Å²) in [4.78, 5) is 14.6. The Labute approximate surface area is 199 Å². The van der Waals surface area contributed by atoms with E-state index < -0.39 is 17.2 Å². The van der Waals surface area contributed by atoms with Crippen molar-refractivity contribution in [3.05, 3.63) is 59.6 Å². The predicted octanol–water partition coefficient (Wildman–Crippen LogP) is 2.60. The van der Waals surface area contributed by atoms with Gasteiger partial charge in [-0.15, -0.1) is 8.80 Å². The molecule has 2 aliphatic heterocycles. The van der Waals surface area contributed by atoms with Gasteiger partial charge in [-0.3, -0.25) is 4.79 Å². The first-order valence-corrected chi connectivity index (χ1v) is 11.9. The molecule has 180 valence electrons. The van der Waals surface area contributed by atoms with Gasteiger partial charge in [0.1, 0.15) is 17.6 Å². The zero-order chi connectivity index (χ0) is 24.4. The van der Waals surface area contributed by atoms with Gasteiger partial charge >= 0.3 is 0 Å². The predicted molar refractivity (Wildman–Crippen MR) is 130 cm³/mol. The summed E-state index contributed by atoms with van der Waals surface area (Å²) >= 11 is -1.86. The minimum atomic E-state index is -1.86. The molecule has 0 aliphatic carbocycles.